The Morgan fingerprint density at radius 1 is 1.40 bits per heavy atom. The van der Waals surface area contributed by atoms with Crippen LogP contribution in [0.3, 0.4) is 0 Å². The second-order valence-electron chi connectivity index (χ2n) is 2.74. The van der Waals surface area contributed by atoms with Gasteiger partial charge in [0.25, 0.3) is 0 Å². The Morgan fingerprint density at radius 2 is 1.87 bits per heavy atom. The summed E-state index contributed by atoms with van der Waals surface area (Å²) in [5, 5.41) is 8.78. The third-order valence-electron chi connectivity index (χ3n) is 1.55. The molecule has 1 aromatic rings. The fourth-order valence-corrected chi connectivity index (χ4v) is 0.609. The van der Waals surface area contributed by atoms with Gasteiger partial charge >= 0.3 is 6.18 Å². The summed E-state index contributed by atoms with van der Waals surface area (Å²) in [6.07, 6.45) is -3.16. The van der Waals surface area contributed by atoms with E-state index in [0.717, 1.165) is 0 Å². The van der Waals surface area contributed by atoms with E-state index in [2.05, 4.69) is 17.6 Å². The number of carboxylic acids is 1. The third kappa shape index (κ3) is 5.66. The summed E-state index contributed by atoms with van der Waals surface area (Å²) in [4.78, 5) is 8.78. The molecule has 3 nitrogen and oxygen atoms in total. The van der Waals surface area contributed by atoms with Crippen molar-refractivity contribution in [2.45, 2.75) is 13.1 Å². The third-order valence-corrected chi connectivity index (χ3v) is 1.55. The number of hydrogen-bond acceptors (Lipinski definition) is 2. The molecule has 0 fully saturated rings. The second-order valence-corrected chi connectivity index (χ2v) is 2.74. The number of carbonyl (C=O) groups is 1. The monoisotopic (exact) mass is 221 g/mol. The van der Waals surface area contributed by atoms with Crippen LogP contribution in [0.4, 0.5) is 13.2 Å². The molecule has 0 spiro atoms. The summed E-state index contributed by atoms with van der Waals surface area (Å²) < 4.78 is 33.6. The Balaban J connectivity index is 0.000000265. The molecule has 1 aromatic heterocycles. The highest BCUT2D eigenvalue weighted by atomic mass is 19.4. The predicted molar refractivity (Wildman–Crippen MR) is 43.4 cm³/mol. The minimum Gasteiger partial charge on any atom is -0.542 e. The summed E-state index contributed by atoms with van der Waals surface area (Å²) in [6, 6.07) is 6.14. The first-order chi connectivity index (χ1) is 6.75. The molecule has 0 saturated heterocycles. The molecule has 84 valence electrons. The number of carbonyl (C=O) groups excluding carboxylic acids is 1. The van der Waals surface area contributed by atoms with Crippen LogP contribution >= 0.6 is 0 Å². The van der Waals surface area contributed by atoms with Crippen LogP contribution in [0.5, 0.6) is 0 Å². The number of nitrogens with zero attached hydrogens (tertiary/aromatic N) is 1. The van der Waals surface area contributed by atoms with E-state index in [-0.39, 0.29) is 0 Å². The molecule has 0 amide bonds. The van der Waals surface area contributed by atoms with Gasteiger partial charge in [-0.2, -0.15) is 13.2 Å². The number of aliphatic carboxylic acids is 1. The Hall–Kier alpha value is -1.59. The number of rotatable bonds is 0. The number of alkyl halides is 3. The van der Waals surface area contributed by atoms with E-state index >= 15 is 0 Å². The van der Waals surface area contributed by atoms with Gasteiger partial charge in [-0.15, -0.1) is 0 Å². The summed E-state index contributed by atoms with van der Waals surface area (Å²) in [6.45, 7) is 2.08. The van der Waals surface area contributed by atoms with Crippen molar-refractivity contribution < 1.29 is 27.6 Å². The van der Waals surface area contributed by atoms with Gasteiger partial charge in [-0.25, -0.2) is 4.57 Å². The number of pyridine rings is 1. The van der Waals surface area contributed by atoms with E-state index in [4.69, 9.17) is 9.90 Å². The van der Waals surface area contributed by atoms with E-state index in [0.29, 0.717) is 0 Å². The van der Waals surface area contributed by atoms with Crippen LogP contribution in [0, 0.1) is 6.92 Å². The zero-order valence-corrected chi connectivity index (χ0v) is 8.21. The highest BCUT2D eigenvalue weighted by Gasteiger charge is 2.28. The fraction of sp³-hybridized carbons (Fsp3) is 0.333. The summed E-state index contributed by atoms with van der Waals surface area (Å²) in [5.41, 5.74) is 1.28. The molecular formula is C9H10F3NO2. The Morgan fingerprint density at radius 3 is 2.07 bits per heavy atom. The lowest BCUT2D eigenvalue weighted by atomic mass is 10.4. The van der Waals surface area contributed by atoms with E-state index in [9.17, 15) is 13.2 Å². The maximum atomic E-state index is 10.5. The SMILES string of the molecule is Cc1cccc[n+]1C.O=C([O-])C(F)(F)F. The van der Waals surface area contributed by atoms with Crippen LogP contribution in [0.25, 0.3) is 0 Å². The summed E-state index contributed by atoms with van der Waals surface area (Å²) >= 11 is 0. The number of aromatic nitrogens is 1. The van der Waals surface area contributed by atoms with Crippen molar-refractivity contribution in [1.29, 1.82) is 0 Å². The lowest BCUT2D eigenvalue weighted by molar-refractivity contribution is -0.677. The van der Waals surface area contributed by atoms with Gasteiger partial charge in [0.05, 0.1) is 0 Å². The van der Waals surface area contributed by atoms with Crippen LogP contribution in [0.15, 0.2) is 24.4 Å². The quantitative estimate of drug-likeness (QED) is 0.584. The molecule has 15 heavy (non-hydrogen) atoms. The summed E-state index contributed by atoms with van der Waals surface area (Å²) in [7, 11) is 2.04. The van der Waals surface area contributed by atoms with E-state index < -0.39 is 12.1 Å². The first-order valence-corrected chi connectivity index (χ1v) is 3.94. The largest absolute Gasteiger partial charge is 0.542 e. The van der Waals surface area contributed by atoms with Gasteiger partial charge in [-0.3, -0.25) is 0 Å². The van der Waals surface area contributed by atoms with Crippen LogP contribution in [0.1, 0.15) is 5.69 Å². The van der Waals surface area contributed by atoms with Crippen LogP contribution in [-0.2, 0) is 11.8 Å². The maximum absolute atomic E-state index is 10.5. The van der Waals surface area contributed by atoms with Gasteiger partial charge in [0, 0.05) is 19.1 Å². The topological polar surface area (TPSA) is 44.0 Å². The van der Waals surface area contributed by atoms with Crippen molar-refractivity contribution >= 4 is 5.97 Å². The second kappa shape index (κ2) is 5.33. The fourth-order valence-electron chi connectivity index (χ4n) is 0.609. The number of halogens is 3. The molecule has 0 bridgehead atoms. The van der Waals surface area contributed by atoms with E-state index in [1.165, 1.54) is 5.69 Å². The van der Waals surface area contributed by atoms with Crippen LogP contribution < -0.4 is 9.67 Å². The highest BCUT2D eigenvalue weighted by Crippen LogP contribution is 2.11. The Labute approximate surface area is 84.8 Å². The molecule has 1 heterocycles. The molecule has 1 rings (SSSR count). The minimum atomic E-state index is -5.19. The number of aryl methyl sites for hydroxylation is 2. The van der Waals surface area contributed by atoms with Gasteiger partial charge in [-0.1, -0.05) is 6.07 Å². The highest BCUT2D eigenvalue weighted by molar-refractivity contribution is 5.70. The van der Waals surface area contributed by atoms with Crippen molar-refractivity contribution in [2.75, 3.05) is 0 Å². The lowest BCUT2D eigenvalue weighted by Crippen LogP contribution is -2.37. The molecule has 0 atom stereocenters. The number of carboxylic acid groups (broad SMARTS) is 1. The molecule has 0 N–H and O–H groups in total. The van der Waals surface area contributed by atoms with Gasteiger partial charge in [0.1, 0.15) is 13.0 Å². The Kier molecular flexibility index (Phi) is 4.77. The summed E-state index contributed by atoms with van der Waals surface area (Å²) in [5.74, 6) is -3.01. The predicted octanol–water partition coefficient (Wildman–Crippen LogP) is 0.118. The van der Waals surface area contributed by atoms with Gasteiger partial charge in [0.2, 0.25) is 0 Å². The normalized spacial score (nSPS) is 10.2. The first kappa shape index (κ1) is 13.4. The zero-order chi connectivity index (χ0) is 12.1. The van der Waals surface area contributed by atoms with Crippen molar-refractivity contribution in [3.05, 3.63) is 30.1 Å². The molecular weight excluding hydrogens is 211 g/mol. The minimum absolute atomic E-state index is 1.28. The Bertz CT molecular complexity index is 315. The molecule has 0 aliphatic carbocycles. The first-order valence-electron chi connectivity index (χ1n) is 3.94. The molecule has 0 aliphatic heterocycles. The van der Waals surface area contributed by atoms with E-state index in [1.807, 2.05) is 25.4 Å². The molecule has 0 radical (unpaired) electrons. The average molecular weight is 221 g/mol. The lowest BCUT2D eigenvalue weighted by Gasteiger charge is -2.03. The number of hydrogen-bond donors (Lipinski definition) is 0. The van der Waals surface area contributed by atoms with Gasteiger partial charge in [0.15, 0.2) is 11.9 Å². The van der Waals surface area contributed by atoms with E-state index in [1.54, 1.807) is 0 Å². The van der Waals surface area contributed by atoms with Crippen LogP contribution in [-0.4, -0.2) is 12.1 Å². The zero-order valence-electron chi connectivity index (χ0n) is 8.21. The standard InChI is InChI=1S/C7H10N.C2HF3O2/c1-7-5-3-4-6-8(7)2;3-2(4,5)1(6)7/h3-6H,1-2H3;(H,6,7)/q+1;/p-1. The molecule has 6 heteroatoms. The van der Waals surface area contributed by atoms with Crippen molar-refractivity contribution in [3.8, 4) is 0 Å². The van der Waals surface area contributed by atoms with Crippen molar-refractivity contribution in [1.82, 2.24) is 0 Å². The molecule has 0 saturated carbocycles. The molecule has 0 aromatic carbocycles. The van der Waals surface area contributed by atoms with Gasteiger partial charge < -0.3 is 9.90 Å². The van der Waals surface area contributed by atoms with Gasteiger partial charge in [-0.05, 0) is 0 Å². The van der Waals surface area contributed by atoms with Crippen molar-refractivity contribution in [3.63, 3.8) is 0 Å². The average Bonchev–Trinajstić information content (AvgIpc) is 2.09. The maximum Gasteiger partial charge on any atom is 0.430 e. The van der Waals surface area contributed by atoms with Crippen LogP contribution in [0.2, 0.25) is 0 Å². The van der Waals surface area contributed by atoms with Crippen molar-refractivity contribution in [2.24, 2.45) is 7.05 Å². The smallest absolute Gasteiger partial charge is 0.430 e. The molecule has 0 unspecified atom stereocenters. The molecule has 0 aliphatic rings.